The molecule has 0 fully saturated rings. The topological polar surface area (TPSA) is 62.1 Å². The molecule has 2 aromatic carbocycles. The summed E-state index contributed by atoms with van der Waals surface area (Å²) in [5, 5.41) is 14.6. The molecule has 0 unspecified atom stereocenters. The molecule has 0 saturated heterocycles. The van der Waals surface area contributed by atoms with Crippen LogP contribution in [-0.2, 0) is 4.79 Å². The lowest BCUT2D eigenvalue weighted by molar-refractivity contribution is -0.302. The molecule has 1 heterocycles. The second-order valence-electron chi connectivity index (χ2n) is 6.81. The van der Waals surface area contributed by atoms with Crippen LogP contribution in [0.4, 0.5) is 13.2 Å². The van der Waals surface area contributed by atoms with Crippen LogP contribution in [0.3, 0.4) is 0 Å². The summed E-state index contributed by atoms with van der Waals surface area (Å²) in [5.41, 5.74) is -1.49. The Labute approximate surface area is 170 Å². The zero-order valence-electron chi connectivity index (χ0n) is 15.6. The molecule has 9 heteroatoms. The van der Waals surface area contributed by atoms with E-state index in [-0.39, 0.29) is 16.5 Å². The second-order valence-corrected chi connectivity index (χ2v) is 7.22. The molecule has 2 aromatic rings. The van der Waals surface area contributed by atoms with Crippen molar-refractivity contribution < 1.29 is 27.8 Å². The van der Waals surface area contributed by atoms with Gasteiger partial charge < -0.3 is 9.84 Å². The van der Waals surface area contributed by atoms with Crippen molar-refractivity contribution in [2.45, 2.75) is 32.2 Å². The van der Waals surface area contributed by atoms with E-state index in [1.165, 1.54) is 6.07 Å². The quantitative estimate of drug-likeness (QED) is 0.796. The third kappa shape index (κ3) is 4.23. The minimum absolute atomic E-state index is 0.0412. The van der Waals surface area contributed by atoms with Crippen LogP contribution in [0.5, 0.6) is 5.75 Å². The lowest BCUT2D eigenvalue weighted by atomic mass is 10.00. The third-order valence-electron chi connectivity index (χ3n) is 4.55. The van der Waals surface area contributed by atoms with Gasteiger partial charge in [-0.05, 0) is 43.2 Å². The Kier molecular flexibility index (Phi) is 5.60. The monoisotopic (exact) mass is 426 g/mol. The van der Waals surface area contributed by atoms with Gasteiger partial charge in [-0.15, -0.1) is 0 Å². The lowest BCUT2D eigenvalue weighted by Crippen LogP contribution is -2.57. The first-order chi connectivity index (χ1) is 13.5. The fourth-order valence-electron chi connectivity index (χ4n) is 2.85. The van der Waals surface area contributed by atoms with E-state index in [0.717, 1.165) is 5.56 Å². The summed E-state index contributed by atoms with van der Waals surface area (Å²) in [6.45, 7) is 2.82. The Morgan fingerprint density at radius 1 is 1.24 bits per heavy atom. The number of alkyl halides is 3. The summed E-state index contributed by atoms with van der Waals surface area (Å²) < 4.78 is 46.1. The van der Waals surface area contributed by atoms with E-state index in [9.17, 15) is 23.1 Å². The lowest BCUT2D eigenvalue weighted by Gasteiger charge is -2.32. The molecule has 29 heavy (non-hydrogen) atoms. The van der Waals surface area contributed by atoms with Crippen LogP contribution in [0, 0.1) is 13.8 Å². The fraction of sp³-hybridized carbons (Fsp3) is 0.300. The van der Waals surface area contributed by atoms with Gasteiger partial charge in [-0.2, -0.15) is 23.3 Å². The number of benzene rings is 2. The highest BCUT2D eigenvalue weighted by Crippen LogP contribution is 2.41. The average molecular weight is 427 g/mol. The number of halogens is 4. The minimum Gasteiger partial charge on any atom is -0.484 e. The molecule has 1 aliphatic heterocycles. The number of rotatable bonds is 4. The fourth-order valence-corrected chi connectivity index (χ4v) is 2.97. The summed E-state index contributed by atoms with van der Waals surface area (Å²) >= 11 is 5.91. The van der Waals surface area contributed by atoms with Gasteiger partial charge in [0.15, 0.2) is 6.61 Å². The van der Waals surface area contributed by atoms with Gasteiger partial charge in [-0.1, -0.05) is 41.4 Å². The number of carbonyl (C=O) groups is 1. The van der Waals surface area contributed by atoms with Crippen molar-refractivity contribution in [1.29, 1.82) is 0 Å². The minimum atomic E-state index is -5.10. The standard InChI is InChI=1S/C20H18ClF3N2O3/c1-12-3-5-14(6-4-12)17-10-19(28,20(22,23)24)26(25-17)18(27)11-29-15-7-8-16(21)13(2)9-15/h3-9,28H,10-11H2,1-2H3/t19-/m1/s1. The van der Waals surface area contributed by atoms with Gasteiger partial charge in [0.2, 0.25) is 0 Å². The maximum absolute atomic E-state index is 13.6. The van der Waals surface area contributed by atoms with E-state index in [4.69, 9.17) is 16.3 Å². The highest BCUT2D eigenvalue weighted by molar-refractivity contribution is 6.31. The second kappa shape index (κ2) is 7.68. The number of aliphatic hydroxyl groups is 1. The molecule has 1 N–H and O–H groups in total. The number of hydrogen-bond donors (Lipinski definition) is 1. The summed E-state index contributed by atoms with van der Waals surface area (Å²) in [7, 11) is 0. The molecule has 0 aromatic heterocycles. The maximum atomic E-state index is 13.6. The van der Waals surface area contributed by atoms with Crippen LogP contribution in [0.25, 0.3) is 0 Å². The summed E-state index contributed by atoms with van der Waals surface area (Å²) in [6.07, 6.45) is -5.97. The van der Waals surface area contributed by atoms with E-state index in [2.05, 4.69) is 5.10 Å². The van der Waals surface area contributed by atoms with Gasteiger partial charge in [0.1, 0.15) is 5.75 Å². The van der Waals surface area contributed by atoms with Crippen LogP contribution in [0.2, 0.25) is 5.02 Å². The molecular formula is C20H18ClF3N2O3. The van der Waals surface area contributed by atoms with Gasteiger partial charge in [0.05, 0.1) is 12.1 Å². The van der Waals surface area contributed by atoms with Crippen molar-refractivity contribution in [3.8, 4) is 5.75 Å². The molecule has 5 nitrogen and oxygen atoms in total. The molecule has 1 amide bonds. The van der Waals surface area contributed by atoms with Crippen LogP contribution in [0.15, 0.2) is 47.6 Å². The first-order valence-electron chi connectivity index (χ1n) is 8.67. The third-order valence-corrected chi connectivity index (χ3v) is 4.98. The number of hydrazone groups is 1. The van der Waals surface area contributed by atoms with E-state index in [0.29, 0.717) is 16.1 Å². The molecule has 0 spiro atoms. The smallest absolute Gasteiger partial charge is 0.438 e. The molecule has 0 radical (unpaired) electrons. The van der Waals surface area contributed by atoms with Gasteiger partial charge in [0.25, 0.3) is 11.6 Å². The first kappa shape index (κ1) is 21.1. The molecule has 154 valence electrons. The predicted molar refractivity (Wildman–Crippen MR) is 102 cm³/mol. The zero-order valence-corrected chi connectivity index (χ0v) is 16.4. The van der Waals surface area contributed by atoms with E-state index in [1.807, 2.05) is 6.92 Å². The molecule has 0 saturated carbocycles. The Bertz CT molecular complexity index is 960. The zero-order chi connectivity index (χ0) is 21.4. The van der Waals surface area contributed by atoms with Gasteiger partial charge >= 0.3 is 6.18 Å². The maximum Gasteiger partial charge on any atom is 0.438 e. The van der Waals surface area contributed by atoms with Gasteiger partial charge in [-0.25, -0.2) is 0 Å². The number of aryl methyl sites for hydroxylation is 2. The highest BCUT2D eigenvalue weighted by Gasteiger charge is 2.63. The number of ether oxygens (including phenoxy) is 1. The normalized spacial score (nSPS) is 19.3. The van der Waals surface area contributed by atoms with E-state index < -0.39 is 30.8 Å². The summed E-state index contributed by atoms with van der Waals surface area (Å²) in [4.78, 5) is 12.5. The number of carbonyl (C=O) groups excluding carboxylic acids is 1. The van der Waals surface area contributed by atoms with Crippen molar-refractivity contribution >= 4 is 23.2 Å². The molecule has 3 rings (SSSR count). The van der Waals surface area contributed by atoms with Crippen molar-refractivity contribution in [2.75, 3.05) is 6.61 Å². The van der Waals surface area contributed by atoms with Crippen molar-refractivity contribution in [3.63, 3.8) is 0 Å². The Balaban J connectivity index is 1.84. The van der Waals surface area contributed by atoms with E-state index >= 15 is 0 Å². The predicted octanol–water partition coefficient (Wildman–Crippen LogP) is 4.22. The largest absolute Gasteiger partial charge is 0.484 e. The van der Waals surface area contributed by atoms with Crippen molar-refractivity contribution in [2.24, 2.45) is 5.10 Å². The Hall–Kier alpha value is -2.58. The van der Waals surface area contributed by atoms with Crippen LogP contribution >= 0.6 is 11.6 Å². The molecule has 1 atom stereocenters. The van der Waals surface area contributed by atoms with Crippen LogP contribution < -0.4 is 4.74 Å². The summed E-state index contributed by atoms with van der Waals surface area (Å²) in [5.74, 6) is -0.864. The van der Waals surface area contributed by atoms with Gasteiger partial charge in [0, 0.05) is 5.02 Å². The van der Waals surface area contributed by atoms with Crippen molar-refractivity contribution in [1.82, 2.24) is 5.01 Å². The Morgan fingerprint density at radius 2 is 1.90 bits per heavy atom. The highest BCUT2D eigenvalue weighted by atomic mass is 35.5. The SMILES string of the molecule is Cc1ccc(C2=NN(C(=O)COc3ccc(Cl)c(C)c3)[C@](O)(C(F)(F)F)C2)cc1. The average Bonchev–Trinajstić information content (AvgIpc) is 3.02. The number of amides is 1. The van der Waals surface area contributed by atoms with E-state index in [1.54, 1.807) is 43.3 Å². The Morgan fingerprint density at radius 3 is 2.48 bits per heavy atom. The molecule has 0 bridgehead atoms. The first-order valence-corrected chi connectivity index (χ1v) is 9.05. The number of hydrogen-bond acceptors (Lipinski definition) is 4. The molecule has 0 aliphatic carbocycles. The number of nitrogens with zero attached hydrogens (tertiary/aromatic N) is 2. The molecular weight excluding hydrogens is 409 g/mol. The summed E-state index contributed by atoms with van der Waals surface area (Å²) in [6, 6.07) is 11.2. The molecule has 1 aliphatic rings. The van der Waals surface area contributed by atoms with Crippen LogP contribution in [0.1, 0.15) is 23.1 Å². The van der Waals surface area contributed by atoms with Crippen LogP contribution in [-0.4, -0.2) is 40.2 Å². The van der Waals surface area contributed by atoms with Gasteiger partial charge in [-0.3, -0.25) is 4.79 Å². The van der Waals surface area contributed by atoms with Crippen molar-refractivity contribution in [3.05, 3.63) is 64.2 Å².